The topological polar surface area (TPSA) is 18.5 Å². The molecule has 0 saturated carbocycles. The van der Waals surface area contributed by atoms with Crippen molar-refractivity contribution >= 4 is 0 Å². The Bertz CT molecular complexity index is 284. The minimum Gasteiger partial charge on any atom is -0.496 e. The quantitative estimate of drug-likeness (QED) is 0.677. The van der Waals surface area contributed by atoms with Crippen molar-refractivity contribution in [1.29, 1.82) is 0 Å². The van der Waals surface area contributed by atoms with Gasteiger partial charge in [0, 0.05) is 5.56 Å². The molecule has 1 aromatic rings. The third-order valence-corrected chi connectivity index (χ3v) is 1.73. The Kier molecular flexibility index (Phi) is 2.53. The highest BCUT2D eigenvalue weighted by molar-refractivity contribution is 5.44. The zero-order chi connectivity index (χ0) is 9.14. The Hall–Kier alpha value is -1.25. The van der Waals surface area contributed by atoms with Crippen molar-refractivity contribution in [3.63, 3.8) is 0 Å². The number of methoxy groups -OCH3 is 2. The second-order valence-corrected chi connectivity index (χ2v) is 2.41. The van der Waals surface area contributed by atoms with E-state index in [-0.39, 0.29) is 11.6 Å². The van der Waals surface area contributed by atoms with Crippen molar-refractivity contribution in [2.75, 3.05) is 14.2 Å². The van der Waals surface area contributed by atoms with Gasteiger partial charge in [-0.15, -0.1) is 0 Å². The lowest BCUT2D eigenvalue weighted by atomic mass is 10.2. The van der Waals surface area contributed by atoms with E-state index in [1.807, 2.05) is 0 Å². The second kappa shape index (κ2) is 3.43. The van der Waals surface area contributed by atoms with Gasteiger partial charge in [0.15, 0.2) is 11.6 Å². The Balaban J connectivity index is 3.24. The molecule has 1 aromatic carbocycles. The predicted molar refractivity (Wildman–Crippen MR) is 44.2 cm³/mol. The van der Waals surface area contributed by atoms with E-state index >= 15 is 0 Å². The number of rotatable bonds is 2. The molecule has 0 fully saturated rings. The molecule has 0 aliphatic rings. The van der Waals surface area contributed by atoms with Gasteiger partial charge in [-0.05, 0) is 19.1 Å². The molecule has 0 radical (unpaired) electrons. The third kappa shape index (κ3) is 1.35. The zero-order valence-corrected chi connectivity index (χ0v) is 7.35. The molecule has 0 aliphatic carbocycles. The van der Waals surface area contributed by atoms with Crippen molar-refractivity contribution in [3.8, 4) is 11.5 Å². The number of hydrogen-bond acceptors (Lipinski definition) is 2. The van der Waals surface area contributed by atoms with Gasteiger partial charge in [-0.3, -0.25) is 0 Å². The molecule has 0 aromatic heterocycles. The first-order valence-electron chi connectivity index (χ1n) is 3.57. The van der Waals surface area contributed by atoms with Crippen LogP contribution in [0.3, 0.4) is 0 Å². The molecular formula is C9H11FO2. The fraction of sp³-hybridized carbons (Fsp3) is 0.333. The Labute approximate surface area is 70.9 Å². The molecule has 66 valence electrons. The summed E-state index contributed by atoms with van der Waals surface area (Å²) in [6, 6.07) is 2.90. The summed E-state index contributed by atoms with van der Waals surface area (Å²) in [7, 11) is 2.98. The summed E-state index contributed by atoms with van der Waals surface area (Å²) in [6.45, 7) is 1.75. The first kappa shape index (κ1) is 8.84. The smallest absolute Gasteiger partial charge is 0.165 e. The molecule has 0 heterocycles. The SMILES string of the molecule is COc1ccc(F)c(OC)c1C. The van der Waals surface area contributed by atoms with Gasteiger partial charge in [-0.1, -0.05) is 0 Å². The average molecular weight is 170 g/mol. The van der Waals surface area contributed by atoms with Crippen molar-refractivity contribution in [2.24, 2.45) is 0 Å². The maximum Gasteiger partial charge on any atom is 0.165 e. The molecule has 0 unspecified atom stereocenters. The van der Waals surface area contributed by atoms with Crippen molar-refractivity contribution in [2.45, 2.75) is 6.92 Å². The number of benzene rings is 1. The third-order valence-electron chi connectivity index (χ3n) is 1.73. The number of halogens is 1. The minimum absolute atomic E-state index is 0.245. The van der Waals surface area contributed by atoms with Crippen LogP contribution in [0.15, 0.2) is 12.1 Å². The van der Waals surface area contributed by atoms with Crippen LogP contribution in [0.2, 0.25) is 0 Å². The van der Waals surface area contributed by atoms with Crippen LogP contribution in [0, 0.1) is 12.7 Å². The van der Waals surface area contributed by atoms with Crippen LogP contribution >= 0.6 is 0 Å². The molecule has 2 nitrogen and oxygen atoms in total. The van der Waals surface area contributed by atoms with E-state index in [9.17, 15) is 4.39 Å². The van der Waals surface area contributed by atoms with E-state index in [1.165, 1.54) is 13.2 Å². The Morgan fingerprint density at radius 2 is 1.83 bits per heavy atom. The summed E-state index contributed by atoms with van der Waals surface area (Å²) in [5.74, 6) is 0.512. The molecule has 12 heavy (non-hydrogen) atoms. The van der Waals surface area contributed by atoms with Crippen LogP contribution < -0.4 is 9.47 Å². The summed E-state index contributed by atoms with van der Waals surface area (Å²) in [4.78, 5) is 0. The van der Waals surface area contributed by atoms with Gasteiger partial charge >= 0.3 is 0 Å². The fourth-order valence-corrected chi connectivity index (χ4v) is 1.11. The van der Waals surface area contributed by atoms with Gasteiger partial charge in [0.25, 0.3) is 0 Å². The van der Waals surface area contributed by atoms with Crippen LogP contribution in [0.5, 0.6) is 11.5 Å². The molecule has 0 aliphatic heterocycles. The highest BCUT2D eigenvalue weighted by Crippen LogP contribution is 2.29. The summed E-state index contributed by atoms with van der Waals surface area (Å²) in [5.41, 5.74) is 0.681. The van der Waals surface area contributed by atoms with Crippen molar-refractivity contribution in [1.82, 2.24) is 0 Å². The fourth-order valence-electron chi connectivity index (χ4n) is 1.11. The van der Waals surface area contributed by atoms with Gasteiger partial charge in [0.2, 0.25) is 0 Å². The van der Waals surface area contributed by atoms with Gasteiger partial charge in [-0.2, -0.15) is 0 Å². The van der Waals surface area contributed by atoms with E-state index in [1.54, 1.807) is 20.1 Å². The van der Waals surface area contributed by atoms with Crippen LogP contribution in [0.1, 0.15) is 5.56 Å². The molecule has 0 spiro atoms. The molecule has 0 amide bonds. The van der Waals surface area contributed by atoms with Gasteiger partial charge in [-0.25, -0.2) is 4.39 Å². The van der Waals surface area contributed by atoms with Crippen LogP contribution in [-0.4, -0.2) is 14.2 Å². The lowest BCUT2D eigenvalue weighted by Crippen LogP contribution is -1.94. The molecular weight excluding hydrogens is 159 g/mol. The largest absolute Gasteiger partial charge is 0.496 e. The maximum atomic E-state index is 13.0. The number of ether oxygens (including phenoxy) is 2. The highest BCUT2D eigenvalue weighted by atomic mass is 19.1. The van der Waals surface area contributed by atoms with Crippen LogP contribution in [0.25, 0.3) is 0 Å². The van der Waals surface area contributed by atoms with E-state index in [2.05, 4.69) is 0 Å². The molecule has 0 N–H and O–H groups in total. The van der Waals surface area contributed by atoms with E-state index in [0.717, 1.165) is 0 Å². The Morgan fingerprint density at radius 1 is 1.17 bits per heavy atom. The van der Waals surface area contributed by atoms with E-state index in [0.29, 0.717) is 11.3 Å². The predicted octanol–water partition coefficient (Wildman–Crippen LogP) is 2.15. The lowest BCUT2D eigenvalue weighted by molar-refractivity contribution is 0.368. The molecule has 0 atom stereocenters. The van der Waals surface area contributed by atoms with Crippen LogP contribution in [-0.2, 0) is 0 Å². The molecule has 3 heteroatoms. The monoisotopic (exact) mass is 170 g/mol. The summed E-state index contributed by atoms with van der Waals surface area (Å²) in [5, 5.41) is 0. The minimum atomic E-state index is -0.365. The van der Waals surface area contributed by atoms with Gasteiger partial charge in [0.05, 0.1) is 14.2 Å². The van der Waals surface area contributed by atoms with Crippen molar-refractivity contribution < 1.29 is 13.9 Å². The molecule has 0 saturated heterocycles. The summed E-state index contributed by atoms with van der Waals surface area (Å²) in [6.07, 6.45) is 0. The maximum absolute atomic E-state index is 13.0. The normalized spacial score (nSPS) is 9.67. The first-order chi connectivity index (χ1) is 5.70. The van der Waals surface area contributed by atoms with E-state index in [4.69, 9.17) is 9.47 Å². The summed E-state index contributed by atoms with van der Waals surface area (Å²) < 4.78 is 22.8. The standard InChI is InChI=1S/C9H11FO2/c1-6-8(11-2)5-4-7(10)9(6)12-3/h4-5H,1-3H3. The highest BCUT2D eigenvalue weighted by Gasteiger charge is 2.09. The van der Waals surface area contributed by atoms with Crippen LogP contribution in [0.4, 0.5) is 4.39 Å². The lowest BCUT2D eigenvalue weighted by Gasteiger charge is -2.09. The summed E-state index contributed by atoms with van der Waals surface area (Å²) >= 11 is 0. The first-order valence-corrected chi connectivity index (χ1v) is 3.57. The zero-order valence-electron chi connectivity index (χ0n) is 7.35. The molecule has 0 bridgehead atoms. The average Bonchev–Trinajstić information content (AvgIpc) is 2.06. The Morgan fingerprint density at radius 3 is 2.33 bits per heavy atom. The second-order valence-electron chi connectivity index (χ2n) is 2.41. The number of hydrogen-bond donors (Lipinski definition) is 0. The van der Waals surface area contributed by atoms with Gasteiger partial charge in [0.1, 0.15) is 5.75 Å². The molecule has 1 rings (SSSR count). The van der Waals surface area contributed by atoms with Crippen molar-refractivity contribution in [3.05, 3.63) is 23.5 Å². The van der Waals surface area contributed by atoms with Gasteiger partial charge < -0.3 is 9.47 Å². The van der Waals surface area contributed by atoms with E-state index < -0.39 is 0 Å².